The van der Waals surface area contributed by atoms with E-state index in [4.69, 9.17) is 0 Å². The molecule has 0 aliphatic carbocycles. The SMILES string of the molecule is CCc1nc2nnc3c(=O)n(CCN(C)C)ccc3n2n1. The lowest BCUT2D eigenvalue weighted by atomic mass is 10.4. The van der Waals surface area contributed by atoms with Crippen molar-refractivity contribution in [3.63, 3.8) is 0 Å². The van der Waals surface area contributed by atoms with Crippen LogP contribution in [0.2, 0.25) is 0 Å². The van der Waals surface area contributed by atoms with Crippen LogP contribution in [-0.2, 0) is 13.0 Å². The lowest BCUT2D eigenvalue weighted by molar-refractivity contribution is 0.381. The van der Waals surface area contributed by atoms with Crippen molar-refractivity contribution in [3.05, 3.63) is 28.4 Å². The van der Waals surface area contributed by atoms with Crippen LogP contribution in [0.3, 0.4) is 0 Å². The van der Waals surface area contributed by atoms with E-state index in [-0.39, 0.29) is 5.56 Å². The van der Waals surface area contributed by atoms with Gasteiger partial charge in [-0.05, 0) is 20.2 Å². The van der Waals surface area contributed by atoms with E-state index in [1.165, 1.54) is 0 Å². The zero-order valence-electron chi connectivity index (χ0n) is 12.3. The zero-order chi connectivity index (χ0) is 15.0. The molecule has 0 bridgehead atoms. The van der Waals surface area contributed by atoms with Crippen LogP contribution in [0.1, 0.15) is 12.7 Å². The molecule has 0 saturated carbocycles. The molecule has 0 aromatic carbocycles. The molecule has 110 valence electrons. The summed E-state index contributed by atoms with van der Waals surface area (Å²) in [5, 5.41) is 12.4. The first-order chi connectivity index (χ1) is 10.1. The topological polar surface area (TPSA) is 81.2 Å². The van der Waals surface area contributed by atoms with Crippen LogP contribution in [0.25, 0.3) is 16.8 Å². The van der Waals surface area contributed by atoms with Gasteiger partial charge in [-0.15, -0.1) is 15.3 Å². The summed E-state index contributed by atoms with van der Waals surface area (Å²) in [7, 11) is 3.94. The van der Waals surface area contributed by atoms with Crippen molar-refractivity contribution >= 4 is 16.8 Å². The van der Waals surface area contributed by atoms with E-state index in [2.05, 4.69) is 20.3 Å². The maximum Gasteiger partial charge on any atom is 0.280 e. The number of rotatable bonds is 4. The van der Waals surface area contributed by atoms with Gasteiger partial charge in [-0.25, -0.2) is 0 Å². The monoisotopic (exact) mass is 287 g/mol. The van der Waals surface area contributed by atoms with Crippen LogP contribution in [0.15, 0.2) is 17.1 Å². The Morgan fingerprint density at radius 1 is 1.29 bits per heavy atom. The summed E-state index contributed by atoms with van der Waals surface area (Å²) in [6, 6.07) is 1.84. The quantitative estimate of drug-likeness (QED) is 0.669. The highest BCUT2D eigenvalue weighted by Crippen LogP contribution is 2.08. The minimum absolute atomic E-state index is 0.155. The van der Waals surface area contributed by atoms with Crippen LogP contribution >= 0.6 is 0 Å². The highest BCUT2D eigenvalue weighted by Gasteiger charge is 2.12. The molecule has 8 nitrogen and oxygen atoms in total. The van der Waals surface area contributed by atoms with Crippen molar-refractivity contribution in [1.82, 2.24) is 34.3 Å². The van der Waals surface area contributed by atoms with Gasteiger partial charge < -0.3 is 9.47 Å². The van der Waals surface area contributed by atoms with Crippen molar-refractivity contribution in [2.45, 2.75) is 19.9 Å². The lowest BCUT2D eigenvalue weighted by Gasteiger charge is -2.11. The normalized spacial score (nSPS) is 11.8. The largest absolute Gasteiger partial charge is 0.312 e. The molecule has 0 radical (unpaired) electrons. The molecule has 0 aliphatic rings. The predicted molar refractivity (Wildman–Crippen MR) is 78.3 cm³/mol. The third-order valence-electron chi connectivity index (χ3n) is 3.32. The number of hydrogen-bond donors (Lipinski definition) is 0. The minimum atomic E-state index is -0.155. The van der Waals surface area contributed by atoms with Gasteiger partial charge in [-0.3, -0.25) is 4.79 Å². The van der Waals surface area contributed by atoms with Crippen LogP contribution in [0, 0.1) is 0 Å². The Labute approximate surface area is 121 Å². The van der Waals surface area contributed by atoms with Gasteiger partial charge in [-0.2, -0.15) is 9.50 Å². The second-order valence-corrected chi connectivity index (χ2v) is 5.14. The minimum Gasteiger partial charge on any atom is -0.312 e. The van der Waals surface area contributed by atoms with Gasteiger partial charge in [0.25, 0.3) is 11.3 Å². The maximum absolute atomic E-state index is 12.4. The maximum atomic E-state index is 12.4. The smallest absolute Gasteiger partial charge is 0.280 e. The molecule has 0 amide bonds. The molecule has 21 heavy (non-hydrogen) atoms. The molecule has 0 N–H and O–H groups in total. The highest BCUT2D eigenvalue weighted by atomic mass is 16.1. The van der Waals surface area contributed by atoms with E-state index in [0.29, 0.717) is 35.6 Å². The van der Waals surface area contributed by atoms with E-state index in [0.717, 1.165) is 6.54 Å². The Kier molecular flexibility index (Phi) is 3.38. The molecule has 3 heterocycles. The Hall–Kier alpha value is -2.35. The summed E-state index contributed by atoms with van der Waals surface area (Å²) in [6.45, 7) is 3.36. The lowest BCUT2D eigenvalue weighted by Crippen LogP contribution is -2.27. The molecule has 0 aliphatic heterocycles. The van der Waals surface area contributed by atoms with Crippen LogP contribution < -0.4 is 5.56 Å². The number of aryl methyl sites for hydroxylation is 1. The first-order valence-corrected chi connectivity index (χ1v) is 6.86. The molecule has 0 saturated heterocycles. The molecule has 8 heteroatoms. The van der Waals surface area contributed by atoms with Gasteiger partial charge in [-0.1, -0.05) is 6.92 Å². The van der Waals surface area contributed by atoms with Crippen molar-refractivity contribution in [2.24, 2.45) is 0 Å². The van der Waals surface area contributed by atoms with Crippen molar-refractivity contribution in [2.75, 3.05) is 20.6 Å². The second kappa shape index (κ2) is 5.21. The number of fused-ring (bicyclic) bond motifs is 3. The fourth-order valence-corrected chi connectivity index (χ4v) is 2.12. The number of likely N-dealkylation sites (N-methyl/N-ethyl adjacent to an activating group) is 1. The summed E-state index contributed by atoms with van der Waals surface area (Å²) < 4.78 is 3.22. The molecular formula is C13H17N7O. The van der Waals surface area contributed by atoms with Gasteiger partial charge >= 0.3 is 0 Å². The average molecular weight is 287 g/mol. The first-order valence-electron chi connectivity index (χ1n) is 6.86. The highest BCUT2D eigenvalue weighted by molar-refractivity contribution is 5.74. The summed E-state index contributed by atoms with van der Waals surface area (Å²) in [6.07, 6.45) is 2.48. The van der Waals surface area contributed by atoms with Crippen molar-refractivity contribution in [3.8, 4) is 0 Å². The average Bonchev–Trinajstić information content (AvgIpc) is 2.89. The Morgan fingerprint density at radius 2 is 2.10 bits per heavy atom. The Morgan fingerprint density at radius 3 is 2.81 bits per heavy atom. The van der Waals surface area contributed by atoms with Gasteiger partial charge in [0.05, 0.1) is 0 Å². The second-order valence-electron chi connectivity index (χ2n) is 5.14. The van der Waals surface area contributed by atoms with E-state index >= 15 is 0 Å². The summed E-state index contributed by atoms with van der Waals surface area (Å²) >= 11 is 0. The van der Waals surface area contributed by atoms with E-state index < -0.39 is 0 Å². The molecule has 3 aromatic heterocycles. The molecule has 3 rings (SSSR count). The predicted octanol–water partition coefficient (Wildman–Crippen LogP) is -0.0418. The summed E-state index contributed by atoms with van der Waals surface area (Å²) in [4.78, 5) is 18.7. The molecule has 3 aromatic rings. The first kappa shape index (κ1) is 13.6. The fourth-order valence-electron chi connectivity index (χ4n) is 2.12. The van der Waals surface area contributed by atoms with Crippen molar-refractivity contribution in [1.29, 1.82) is 0 Å². The van der Waals surface area contributed by atoms with Gasteiger partial charge in [0, 0.05) is 25.7 Å². The zero-order valence-corrected chi connectivity index (χ0v) is 12.3. The van der Waals surface area contributed by atoms with Crippen LogP contribution in [0.4, 0.5) is 0 Å². The molecule has 0 spiro atoms. The van der Waals surface area contributed by atoms with Crippen LogP contribution in [-0.4, -0.2) is 54.9 Å². The third kappa shape index (κ3) is 2.38. The molecule has 0 atom stereocenters. The molecular weight excluding hydrogens is 270 g/mol. The van der Waals surface area contributed by atoms with Crippen molar-refractivity contribution < 1.29 is 0 Å². The molecule has 0 fully saturated rings. The number of hydrogen-bond acceptors (Lipinski definition) is 6. The number of aromatic nitrogens is 6. The number of nitrogens with zero attached hydrogens (tertiary/aromatic N) is 7. The summed E-state index contributed by atoms with van der Waals surface area (Å²) in [5.74, 6) is 1.11. The fraction of sp³-hybridized carbons (Fsp3) is 0.462. The Bertz CT molecular complexity index is 849. The van der Waals surface area contributed by atoms with E-state index in [9.17, 15) is 4.79 Å². The Balaban J connectivity index is 2.16. The van der Waals surface area contributed by atoms with Gasteiger partial charge in [0.1, 0.15) is 5.52 Å². The van der Waals surface area contributed by atoms with Gasteiger partial charge in [0.15, 0.2) is 11.3 Å². The standard InChI is InChI=1S/C13H17N7O/c1-4-10-14-13-16-15-11-9(20(13)17-10)5-6-19(12(11)21)8-7-18(2)3/h5-6H,4,7-8H2,1-3H3. The molecule has 0 unspecified atom stereocenters. The van der Waals surface area contributed by atoms with Crippen LogP contribution in [0.5, 0.6) is 0 Å². The van der Waals surface area contributed by atoms with Gasteiger partial charge in [0.2, 0.25) is 0 Å². The van der Waals surface area contributed by atoms with E-state index in [1.54, 1.807) is 15.3 Å². The summed E-state index contributed by atoms with van der Waals surface area (Å²) in [5.41, 5.74) is 0.798. The number of pyridine rings is 1. The third-order valence-corrected chi connectivity index (χ3v) is 3.32. The van der Waals surface area contributed by atoms with E-state index in [1.807, 2.05) is 32.0 Å².